The maximum absolute atomic E-state index is 11.3. The van der Waals surface area contributed by atoms with E-state index in [-0.39, 0.29) is 18.9 Å². The summed E-state index contributed by atoms with van der Waals surface area (Å²) in [5.74, 6) is 0.0193. The molecule has 0 radical (unpaired) electrons. The number of ether oxygens (including phenoxy) is 2. The van der Waals surface area contributed by atoms with Gasteiger partial charge in [0.15, 0.2) is 11.8 Å². The first kappa shape index (κ1) is 24.2. The van der Waals surface area contributed by atoms with E-state index in [1.54, 1.807) is 62.4 Å². The summed E-state index contributed by atoms with van der Waals surface area (Å²) in [7, 11) is 0. The van der Waals surface area contributed by atoms with Crippen molar-refractivity contribution in [1.29, 1.82) is 0 Å². The monoisotopic (exact) mass is 473 g/mol. The molecule has 0 aliphatic carbocycles. The van der Waals surface area contributed by atoms with Crippen LogP contribution in [0.5, 0.6) is 5.75 Å². The minimum Gasteiger partial charge on any atom is -0.487 e. The normalized spacial score (nSPS) is 12.4. The summed E-state index contributed by atoms with van der Waals surface area (Å²) < 4.78 is 16.8. The molecule has 0 fully saturated rings. The Kier molecular flexibility index (Phi) is 8.79. The van der Waals surface area contributed by atoms with Crippen LogP contribution in [0.25, 0.3) is 11.5 Å². The van der Waals surface area contributed by atoms with Gasteiger partial charge in [0.05, 0.1) is 0 Å². The van der Waals surface area contributed by atoms with Crippen molar-refractivity contribution in [2.75, 3.05) is 19.8 Å². The lowest BCUT2D eigenvalue weighted by atomic mass is 10.1. The Bertz CT molecular complexity index is 1080. The highest BCUT2D eigenvalue weighted by Gasteiger charge is 2.19. The van der Waals surface area contributed by atoms with Gasteiger partial charge in [0, 0.05) is 23.6 Å². The molecule has 3 aromatic rings. The van der Waals surface area contributed by atoms with Gasteiger partial charge in [-0.2, -0.15) is 0 Å². The van der Waals surface area contributed by atoms with Crippen LogP contribution in [0.2, 0.25) is 5.02 Å². The van der Waals surface area contributed by atoms with Crippen LogP contribution in [-0.2, 0) is 20.8 Å². The van der Waals surface area contributed by atoms with Gasteiger partial charge in [-0.15, -0.1) is 10.2 Å². The molecular weight excluding hydrogens is 450 g/mol. The number of carboxylic acids is 1. The highest BCUT2D eigenvalue weighted by Crippen LogP contribution is 2.22. The molecule has 0 aliphatic heterocycles. The maximum atomic E-state index is 11.3. The standard InChI is InChI=1S/C23H24ClN3O6/c1-3-30-20(23(28)29)12-15-8-10-18(11-9-15)31-14-19(27-32-4-2)22-26-25-21(33-22)16-6-5-7-17(24)13-16/h5-11,13,20H,3-4,12,14H2,1-2H3,(H,28,29)/b27-19+. The average Bonchev–Trinajstić information content (AvgIpc) is 3.30. The second-order valence-electron chi connectivity index (χ2n) is 6.80. The lowest BCUT2D eigenvalue weighted by Gasteiger charge is -2.13. The number of hydrogen-bond donors (Lipinski definition) is 1. The zero-order chi connectivity index (χ0) is 23.6. The Morgan fingerprint density at radius 2 is 1.94 bits per heavy atom. The minimum atomic E-state index is -0.995. The fraction of sp³-hybridized carbons (Fsp3) is 0.304. The molecule has 174 valence electrons. The highest BCUT2D eigenvalue weighted by atomic mass is 35.5. The van der Waals surface area contributed by atoms with Crippen molar-refractivity contribution in [2.24, 2.45) is 5.16 Å². The third-order valence-electron chi connectivity index (χ3n) is 4.41. The van der Waals surface area contributed by atoms with Gasteiger partial charge in [0.25, 0.3) is 5.89 Å². The summed E-state index contributed by atoms with van der Waals surface area (Å²) in [6.07, 6.45) is -0.632. The van der Waals surface area contributed by atoms with Gasteiger partial charge in [0.1, 0.15) is 19.0 Å². The Balaban J connectivity index is 1.68. The Morgan fingerprint density at radius 1 is 1.15 bits per heavy atom. The number of carboxylic acid groups (broad SMARTS) is 1. The molecule has 0 bridgehead atoms. The lowest BCUT2D eigenvalue weighted by molar-refractivity contribution is -0.149. The molecule has 9 nitrogen and oxygen atoms in total. The van der Waals surface area contributed by atoms with Crippen molar-refractivity contribution in [1.82, 2.24) is 10.2 Å². The van der Waals surface area contributed by atoms with Crippen LogP contribution in [0.1, 0.15) is 25.3 Å². The Morgan fingerprint density at radius 3 is 2.61 bits per heavy atom. The zero-order valence-corrected chi connectivity index (χ0v) is 19.0. The molecular formula is C23H24ClN3O6. The van der Waals surface area contributed by atoms with Crippen molar-refractivity contribution < 1.29 is 28.6 Å². The molecule has 0 aliphatic rings. The quantitative estimate of drug-likeness (QED) is 0.306. The van der Waals surface area contributed by atoms with Gasteiger partial charge in [0.2, 0.25) is 5.89 Å². The van der Waals surface area contributed by atoms with Crippen molar-refractivity contribution in [3.8, 4) is 17.2 Å². The van der Waals surface area contributed by atoms with Gasteiger partial charge >= 0.3 is 5.97 Å². The summed E-state index contributed by atoms with van der Waals surface area (Å²) >= 11 is 6.03. The van der Waals surface area contributed by atoms with Crippen LogP contribution in [0.15, 0.2) is 58.1 Å². The number of halogens is 1. The van der Waals surface area contributed by atoms with Crippen molar-refractivity contribution in [3.05, 3.63) is 65.0 Å². The predicted molar refractivity (Wildman–Crippen MR) is 122 cm³/mol. The molecule has 1 atom stereocenters. The molecule has 0 spiro atoms. The molecule has 1 aromatic heterocycles. The summed E-state index contributed by atoms with van der Waals surface area (Å²) in [6.45, 7) is 4.27. The number of nitrogens with zero attached hydrogens (tertiary/aromatic N) is 3. The summed E-state index contributed by atoms with van der Waals surface area (Å²) in [4.78, 5) is 16.4. The van der Waals surface area contributed by atoms with Crippen molar-refractivity contribution >= 4 is 23.3 Å². The van der Waals surface area contributed by atoms with E-state index in [4.69, 9.17) is 30.3 Å². The second kappa shape index (κ2) is 12.0. The van der Waals surface area contributed by atoms with Crippen molar-refractivity contribution in [3.63, 3.8) is 0 Å². The van der Waals surface area contributed by atoms with E-state index >= 15 is 0 Å². The molecule has 33 heavy (non-hydrogen) atoms. The third-order valence-corrected chi connectivity index (χ3v) is 4.65. The van der Waals surface area contributed by atoms with Crippen LogP contribution in [-0.4, -0.2) is 52.9 Å². The van der Waals surface area contributed by atoms with Gasteiger partial charge in [-0.3, -0.25) is 0 Å². The number of rotatable bonds is 12. The van der Waals surface area contributed by atoms with E-state index in [0.29, 0.717) is 41.2 Å². The summed E-state index contributed by atoms with van der Waals surface area (Å²) in [5, 5.41) is 21.9. The third kappa shape index (κ3) is 7.03. The van der Waals surface area contributed by atoms with Gasteiger partial charge < -0.3 is 23.8 Å². The first-order valence-electron chi connectivity index (χ1n) is 10.3. The number of aliphatic carboxylic acids is 1. The largest absolute Gasteiger partial charge is 0.487 e. The van der Waals surface area contributed by atoms with E-state index in [9.17, 15) is 9.90 Å². The van der Waals surface area contributed by atoms with Gasteiger partial charge in [-0.25, -0.2) is 4.79 Å². The zero-order valence-electron chi connectivity index (χ0n) is 18.2. The van der Waals surface area contributed by atoms with Gasteiger partial charge in [-0.05, 0) is 49.7 Å². The first-order valence-corrected chi connectivity index (χ1v) is 10.7. The van der Waals surface area contributed by atoms with E-state index in [0.717, 1.165) is 5.56 Å². The first-order chi connectivity index (χ1) is 16.0. The number of hydrogen-bond acceptors (Lipinski definition) is 8. The molecule has 10 heteroatoms. The Labute approximate surface area is 195 Å². The van der Waals surface area contributed by atoms with E-state index < -0.39 is 12.1 Å². The second-order valence-corrected chi connectivity index (χ2v) is 7.23. The topological polar surface area (TPSA) is 116 Å². The fourth-order valence-corrected chi connectivity index (χ4v) is 3.04. The highest BCUT2D eigenvalue weighted by molar-refractivity contribution is 6.30. The fourth-order valence-electron chi connectivity index (χ4n) is 2.85. The molecule has 1 heterocycles. The predicted octanol–water partition coefficient (Wildman–Crippen LogP) is 4.24. The maximum Gasteiger partial charge on any atom is 0.333 e. The Hall–Kier alpha value is -3.43. The van der Waals surface area contributed by atoms with Crippen LogP contribution in [0.3, 0.4) is 0 Å². The van der Waals surface area contributed by atoms with E-state index in [1.165, 1.54) is 0 Å². The lowest BCUT2D eigenvalue weighted by Crippen LogP contribution is -2.26. The van der Waals surface area contributed by atoms with Crippen LogP contribution in [0.4, 0.5) is 0 Å². The molecule has 0 saturated heterocycles. The summed E-state index contributed by atoms with van der Waals surface area (Å²) in [6, 6.07) is 14.1. The minimum absolute atomic E-state index is 0.0211. The smallest absolute Gasteiger partial charge is 0.333 e. The molecule has 0 amide bonds. The van der Waals surface area contributed by atoms with Crippen LogP contribution < -0.4 is 4.74 Å². The molecule has 3 rings (SSSR count). The van der Waals surface area contributed by atoms with Crippen molar-refractivity contribution in [2.45, 2.75) is 26.4 Å². The van der Waals surface area contributed by atoms with Crippen LogP contribution >= 0.6 is 11.6 Å². The van der Waals surface area contributed by atoms with Gasteiger partial charge in [-0.1, -0.05) is 35.0 Å². The van der Waals surface area contributed by atoms with E-state index in [1.807, 2.05) is 0 Å². The molecule has 1 unspecified atom stereocenters. The average molecular weight is 474 g/mol. The molecule has 1 N–H and O–H groups in total. The molecule has 2 aromatic carbocycles. The number of benzene rings is 2. The molecule has 0 saturated carbocycles. The van der Waals surface area contributed by atoms with Crippen LogP contribution in [0, 0.1) is 0 Å². The number of carbonyl (C=O) groups is 1. The van der Waals surface area contributed by atoms with E-state index in [2.05, 4.69) is 15.4 Å². The SMILES string of the molecule is CCO/N=C(\COc1ccc(CC(OCC)C(=O)O)cc1)c1nnc(-c2cccc(Cl)c2)o1. The number of oxime groups is 1. The number of aromatic nitrogens is 2. The summed E-state index contributed by atoms with van der Waals surface area (Å²) in [5.41, 5.74) is 1.82.